The van der Waals surface area contributed by atoms with E-state index in [1.54, 1.807) is 0 Å². The van der Waals surface area contributed by atoms with E-state index in [0.29, 0.717) is 6.42 Å². The van der Waals surface area contributed by atoms with Crippen LogP contribution in [0.5, 0.6) is 0 Å². The molecule has 2 amide bonds. The maximum Gasteiger partial charge on any atom is 0.407 e. The van der Waals surface area contributed by atoms with Gasteiger partial charge in [-0.05, 0) is 28.7 Å². The number of ether oxygens (including phenoxy) is 1. The van der Waals surface area contributed by atoms with Crippen molar-refractivity contribution in [3.63, 3.8) is 0 Å². The van der Waals surface area contributed by atoms with Gasteiger partial charge < -0.3 is 25.2 Å². The maximum absolute atomic E-state index is 12.6. The van der Waals surface area contributed by atoms with Crippen LogP contribution in [0.1, 0.15) is 49.7 Å². The van der Waals surface area contributed by atoms with Crippen LogP contribution < -0.4 is 5.32 Å². The molecule has 1 heterocycles. The number of amides is 2. The van der Waals surface area contributed by atoms with Gasteiger partial charge in [0, 0.05) is 18.4 Å². The van der Waals surface area contributed by atoms with Crippen LogP contribution >= 0.6 is 0 Å². The first-order valence-electron chi connectivity index (χ1n) is 11.7. The van der Waals surface area contributed by atoms with Crippen molar-refractivity contribution in [2.45, 2.75) is 50.2 Å². The Balaban J connectivity index is 1.35. The summed E-state index contributed by atoms with van der Waals surface area (Å²) >= 11 is 0. The van der Waals surface area contributed by atoms with E-state index in [4.69, 9.17) is 9.84 Å². The van der Waals surface area contributed by atoms with E-state index in [2.05, 4.69) is 29.6 Å². The fraction of sp³-hybridized carbons (Fsp3) is 0.423. The number of aliphatic carboxylic acids is 1. The molecule has 1 aliphatic heterocycles. The number of nitrogens with one attached hydrogen (secondary N) is 1. The number of alkyl carbamates (subject to hydrolysis) is 1. The van der Waals surface area contributed by atoms with Crippen LogP contribution in [0.3, 0.4) is 0 Å². The molecule has 0 spiro atoms. The molecule has 0 radical (unpaired) electrons. The second-order valence-corrected chi connectivity index (χ2v) is 9.10. The topological polar surface area (TPSA) is 116 Å². The number of nitrogens with zero attached hydrogens (tertiary/aromatic N) is 1. The summed E-state index contributed by atoms with van der Waals surface area (Å²) in [6, 6.07) is 15.8. The smallest absolute Gasteiger partial charge is 0.407 e. The summed E-state index contributed by atoms with van der Waals surface area (Å²) in [5, 5.41) is 21.7. The Morgan fingerprint density at radius 2 is 1.68 bits per heavy atom. The standard InChI is InChI=1S/C26H30N2O6/c1-2-3-8-17(13-23(29)28-15-26(33,16-28)24(30)31)27-25(32)34-14-22-20-11-6-4-9-18(20)19-10-5-7-12-21(19)22/h4-7,9-12,17,22,33H,2-3,8,13-16H2,1H3,(H,27,32)(H,30,31). The van der Waals surface area contributed by atoms with Gasteiger partial charge in [-0.25, -0.2) is 9.59 Å². The van der Waals surface area contributed by atoms with Gasteiger partial charge in [-0.15, -0.1) is 0 Å². The molecule has 0 bridgehead atoms. The van der Waals surface area contributed by atoms with Crippen molar-refractivity contribution in [2.24, 2.45) is 0 Å². The number of rotatable bonds is 9. The lowest BCUT2D eigenvalue weighted by Gasteiger charge is -2.43. The Kier molecular flexibility index (Phi) is 6.88. The molecule has 8 nitrogen and oxygen atoms in total. The van der Waals surface area contributed by atoms with Crippen LogP contribution in [0, 0.1) is 0 Å². The minimum atomic E-state index is -1.88. The largest absolute Gasteiger partial charge is 0.479 e. The zero-order valence-electron chi connectivity index (χ0n) is 19.2. The number of fused-ring (bicyclic) bond motifs is 3. The number of carboxylic acids is 1. The monoisotopic (exact) mass is 466 g/mol. The molecule has 2 aromatic carbocycles. The summed E-state index contributed by atoms with van der Waals surface area (Å²) in [4.78, 5) is 37.6. The molecule has 1 saturated heterocycles. The van der Waals surface area contributed by atoms with Gasteiger partial charge in [0.25, 0.3) is 0 Å². The van der Waals surface area contributed by atoms with Gasteiger partial charge in [0.1, 0.15) is 6.61 Å². The first kappa shape index (κ1) is 23.8. The van der Waals surface area contributed by atoms with E-state index >= 15 is 0 Å². The van der Waals surface area contributed by atoms with Crippen molar-refractivity contribution in [1.82, 2.24) is 10.2 Å². The lowest BCUT2D eigenvalue weighted by Crippen LogP contribution is -2.67. The maximum atomic E-state index is 12.6. The predicted molar refractivity (Wildman–Crippen MR) is 125 cm³/mol. The lowest BCUT2D eigenvalue weighted by molar-refractivity contribution is -0.182. The molecule has 1 atom stereocenters. The molecule has 1 fully saturated rings. The van der Waals surface area contributed by atoms with Crippen molar-refractivity contribution >= 4 is 18.0 Å². The molecular formula is C26H30N2O6. The van der Waals surface area contributed by atoms with Crippen LogP contribution in [0.2, 0.25) is 0 Å². The Labute approximate surface area is 198 Å². The average molecular weight is 467 g/mol. The zero-order chi connectivity index (χ0) is 24.3. The summed E-state index contributed by atoms with van der Waals surface area (Å²) < 4.78 is 5.60. The number of likely N-dealkylation sites (tertiary alicyclic amines) is 1. The minimum absolute atomic E-state index is 0.0277. The van der Waals surface area contributed by atoms with Gasteiger partial charge >= 0.3 is 12.1 Å². The van der Waals surface area contributed by atoms with E-state index in [0.717, 1.165) is 35.1 Å². The number of carbonyl (C=O) groups excluding carboxylic acids is 2. The van der Waals surface area contributed by atoms with Gasteiger partial charge in [0.2, 0.25) is 5.91 Å². The highest BCUT2D eigenvalue weighted by Gasteiger charge is 2.50. The fourth-order valence-corrected chi connectivity index (χ4v) is 4.72. The van der Waals surface area contributed by atoms with E-state index in [1.165, 1.54) is 4.90 Å². The van der Waals surface area contributed by atoms with Crippen molar-refractivity contribution in [3.05, 3.63) is 59.7 Å². The third-order valence-electron chi connectivity index (χ3n) is 6.65. The third kappa shape index (κ3) is 4.77. The highest BCUT2D eigenvalue weighted by Crippen LogP contribution is 2.44. The van der Waals surface area contributed by atoms with Gasteiger partial charge in [-0.1, -0.05) is 68.3 Å². The van der Waals surface area contributed by atoms with Crippen LogP contribution in [-0.4, -0.2) is 64.4 Å². The number of hydrogen-bond acceptors (Lipinski definition) is 5. The number of carbonyl (C=O) groups is 3. The quantitative estimate of drug-likeness (QED) is 0.523. The number of aliphatic hydroxyl groups is 1. The molecule has 34 heavy (non-hydrogen) atoms. The Bertz CT molecular complexity index is 1030. The summed E-state index contributed by atoms with van der Waals surface area (Å²) in [5.41, 5.74) is 2.66. The molecule has 2 aromatic rings. The molecule has 8 heteroatoms. The Morgan fingerprint density at radius 1 is 1.09 bits per heavy atom. The molecule has 2 aliphatic rings. The third-order valence-corrected chi connectivity index (χ3v) is 6.65. The lowest BCUT2D eigenvalue weighted by atomic mass is 9.93. The molecule has 3 N–H and O–H groups in total. The van der Waals surface area contributed by atoms with Crippen molar-refractivity contribution in [1.29, 1.82) is 0 Å². The number of unbranched alkanes of at least 4 members (excludes halogenated alkanes) is 1. The van der Waals surface area contributed by atoms with Crippen molar-refractivity contribution < 1.29 is 29.3 Å². The van der Waals surface area contributed by atoms with Crippen molar-refractivity contribution in [3.8, 4) is 11.1 Å². The van der Waals surface area contributed by atoms with E-state index < -0.39 is 23.7 Å². The number of benzene rings is 2. The number of β-amino-alcohol motifs (C(OH)–C–C–N with tert-alkyl or cyclic N) is 1. The summed E-state index contributed by atoms with van der Waals surface area (Å²) in [6.07, 6.45) is 1.77. The van der Waals surface area contributed by atoms with Crippen LogP contribution in [0.4, 0.5) is 4.79 Å². The predicted octanol–water partition coefficient (Wildman–Crippen LogP) is 3.13. The normalized spacial score (nSPS) is 16.7. The highest BCUT2D eigenvalue weighted by atomic mass is 16.5. The van der Waals surface area contributed by atoms with Gasteiger partial charge in [-0.3, -0.25) is 4.79 Å². The minimum Gasteiger partial charge on any atom is -0.479 e. The van der Waals surface area contributed by atoms with Crippen LogP contribution in [-0.2, 0) is 14.3 Å². The Morgan fingerprint density at radius 3 is 2.24 bits per heavy atom. The van der Waals surface area contributed by atoms with E-state index in [1.807, 2.05) is 31.2 Å². The molecule has 180 valence electrons. The zero-order valence-corrected chi connectivity index (χ0v) is 19.2. The Hall–Kier alpha value is -3.39. The van der Waals surface area contributed by atoms with E-state index in [9.17, 15) is 19.5 Å². The first-order valence-corrected chi connectivity index (χ1v) is 11.7. The fourth-order valence-electron chi connectivity index (χ4n) is 4.72. The average Bonchev–Trinajstić information content (AvgIpc) is 3.12. The highest BCUT2D eigenvalue weighted by molar-refractivity contribution is 5.85. The van der Waals surface area contributed by atoms with E-state index in [-0.39, 0.29) is 37.9 Å². The molecular weight excluding hydrogens is 436 g/mol. The molecule has 0 saturated carbocycles. The second-order valence-electron chi connectivity index (χ2n) is 9.10. The van der Waals surface area contributed by atoms with Gasteiger partial charge in [0.05, 0.1) is 13.1 Å². The number of carboxylic acid groups (broad SMARTS) is 1. The number of hydrogen-bond donors (Lipinski definition) is 3. The van der Waals surface area contributed by atoms with Crippen molar-refractivity contribution in [2.75, 3.05) is 19.7 Å². The van der Waals surface area contributed by atoms with Crippen LogP contribution in [0.25, 0.3) is 11.1 Å². The summed E-state index contributed by atoms with van der Waals surface area (Å²) in [5.74, 6) is -1.69. The summed E-state index contributed by atoms with van der Waals surface area (Å²) in [6.45, 7) is 1.72. The summed E-state index contributed by atoms with van der Waals surface area (Å²) in [7, 11) is 0. The molecule has 0 aromatic heterocycles. The second kappa shape index (κ2) is 9.85. The van der Waals surface area contributed by atoms with Gasteiger partial charge in [-0.2, -0.15) is 0 Å². The first-order chi connectivity index (χ1) is 16.3. The molecule has 4 rings (SSSR count). The van der Waals surface area contributed by atoms with Gasteiger partial charge in [0.15, 0.2) is 5.60 Å². The van der Waals surface area contributed by atoms with Crippen LogP contribution in [0.15, 0.2) is 48.5 Å². The SMILES string of the molecule is CCCCC(CC(=O)N1CC(O)(C(=O)O)C1)NC(=O)OCC1c2ccccc2-c2ccccc21. The molecule has 1 unspecified atom stereocenters. The molecule has 1 aliphatic carbocycles.